The van der Waals surface area contributed by atoms with Gasteiger partial charge in [0.05, 0.1) is 0 Å². The second-order valence-corrected chi connectivity index (χ2v) is 7.06. The normalized spacial score (nSPS) is 10.2. The number of hydrogen-bond donors (Lipinski definition) is 2. The highest BCUT2D eigenvalue weighted by Gasteiger charge is 2.09. The van der Waals surface area contributed by atoms with Gasteiger partial charge in [0.1, 0.15) is 5.75 Å². The Morgan fingerprint density at radius 1 is 0.893 bits per heavy atom. The smallest absolute Gasteiger partial charge is 0.262 e. The van der Waals surface area contributed by atoms with Gasteiger partial charge in [-0.2, -0.15) is 0 Å². The quantitative estimate of drug-likeness (QED) is 0.567. The lowest BCUT2D eigenvalue weighted by atomic mass is 10.2. The number of nitrogens with one attached hydrogen (secondary N) is 2. The van der Waals surface area contributed by atoms with Crippen molar-refractivity contribution in [3.05, 3.63) is 88.4 Å². The van der Waals surface area contributed by atoms with Gasteiger partial charge in [0, 0.05) is 21.4 Å². The first-order chi connectivity index (χ1) is 13.5. The van der Waals surface area contributed by atoms with Crippen molar-refractivity contribution in [2.45, 2.75) is 6.92 Å². The minimum atomic E-state index is -0.303. The van der Waals surface area contributed by atoms with Gasteiger partial charge in [-0.05, 0) is 61.0 Å². The molecule has 0 aliphatic rings. The average molecular weight is 439 g/mol. The monoisotopic (exact) mass is 438 g/mol. The summed E-state index contributed by atoms with van der Waals surface area (Å²) in [7, 11) is 0. The maximum atomic E-state index is 12.4. The van der Waals surface area contributed by atoms with E-state index in [9.17, 15) is 9.59 Å². The van der Waals surface area contributed by atoms with Gasteiger partial charge in [-0.25, -0.2) is 0 Å². The van der Waals surface area contributed by atoms with E-state index in [1.54, 1.807) is 30.3 Å². The second-order valence-electron chi connectivity index (χ2n) is 6.15. The minimum absolute atomic E-state index is 0.122. The minimum Gasteiger partial charge on any atom is -0.483 e. The van der Waals surface area contributed by atoms with Crippen molar-refractivity contribution in [3.63, 3.8) is 0 Å². The van der Waals surface area contributed by atoms with Crippen LogP contribution in [0, 0.1) is 6.92 Å². The fourth-order valence-corrected chi connectivity index (χ4v) is 3.05. The van der Waals surface area contributed by atoms with Crippen molar-refractivity contribution in [2.24, 2.45) is 0 Å². The highest BCUT2D eigenvalue weighted by Crippen LogP contribution is 2.22. The molecule has 0 bridgehead atoms. The number of aryl methyl sites for hydroxylation is 1. The summed E-state index contributed by atoms with van der Waals surface area (Å²) in [6, 6.07) is 21.5. The number of para-hydroxylation sites is 1. The van der Waals surface area contributed by atoms with Crippen molar-refractivity contribution in [1.82, 2.24) is 0 Å². The third-order valence-corrected chi connectivity index (χ3v) is 4.43. The van der Waals surface area contributed by atoms with Crippen LogP contribution in [0.1, 0.15) is 15.9 Å². The number of carbonyl (C=O) groups excluding carboxylic acids is 2. The van der Waals surface area contributed by atoms with Crippen molar-refractivity contribution in [1.29, 1.82) is 0 Å². The number of hydrogen-bond acceptors (Lipinski definition) is 3. The number of anilines is 2. The van der Waals surface area contributed by atoms with E-state index in [4.69, 9.17) is 4.74 Å². The molecule has 0 atom stereocenters. The van der Waals surface area contributed by atoms with E-state index in [0.29, 0.717) is 22.7 Å². The molecule has 0 radical (unpaired) electrons. The molecule has 0 aliphatic carbocycles. The second kappa shape index (κ2) is 9.19. The first-order valence-corrected chi connectivity index (χ1v) is 9.46. The molecule has 0 aliphatic heterocycles. The van der Waals surface area contributed by atoms with E-state index < -0.39 is 0 Å². The Balaban J connectivity index is 1.59. The van der Waals surface area contributed by atoms with Gasteiger partial charge in [0.2, 0.25) is 0 Å². The Morgan fingerprint density at radius 3 is 2.39 bits per heavy atom. The van der Waals surface area contributed by atoms with Gasteiger partial charge >= 0.3 is 0 Å². The Kier molecular flexibility index (Phi) is 6.45. The highest BCUT2D eigenvalue weighted by molar-refractivity contribution is 9.10. The molecule has 3 rings (SSSR count). The molecule has 0 saturated heterocycles. The number of amides is 2. The molecule has 2 amide bonds. The maximum absolute atomic E-state index is 12.4. The number of rotatable bonds is 6. The van der Waals surface area contributed by atoms with Crippen LogP contribution in [0.25, 0.3) is 0 Å². The van der Waals surface area contributed by atoms with Gasteiger partial charge in [0.15, 0.2) is 6.61 Å². The predicted octanol–water partition coefficient (Wildman–Crippen LogP) is 5.03. The molecule has 2 N–H and O–H groups in total. The number of halogens is 1. The predicted molar refractivity (Wildman–Crippen MR) is 114 cm³/mol. The zero-order valence-corrected chi connectivity index (χ0v) is 16.8. The Hall–Kier alpha value is -3.12. The standard InChI is InChI=1S/C22H19BrN2O3/c1-15-12-17(23)10-11-20(15)28-14-21(26)24-19-9-5-6-16(13-19)22(27)25-18-7-3-2-4-8-18/h2-13H,14H2,1H3,(H,24,26)(H,25,27). The van der Waals surface area contributed by atoms with Gasteiger partial charge in [-0.15, -0.1) is 0 Å². The van der Waals surface area contributed by atoms with Crippen LogP contribution < -0.4 is 15.4 Å². The van der Waals surface area contributed by atoms with E-state index >= 15 is 0 Å². The Bertz CT molecular complexity index is 990. The molecule has 0 heterocycles. The largest absolute Gasteiger partial charge is 0.483 e. The van der Waals surface area contributed by atoms with Crippen molar-refractivity contribution in [3.8, 4) is 5.75 Å². The summed E-state index contributed by atoms with van der Waals surface area (Å²) in [6.45, 7) is 1.79. The van der Waals surface area contributed by atoms with Crippen molar-refractivity contribution >= 4 is 39.1 Å². The molecular weight excluding hydrogens is 420 g/mol. The summed E-state index contributed by atoms with van der Waals surface area (Å²) in [4.78, 5) is 24.6. The Morgan fingerprint density at radius 2 is 1.64 bits per heavy atom. The molecule has 5 nitrogen and oxygen atoms in total. The summed E-state index contributed by atoms with van der Waals surface area (Å²) < 4.78 is 6.52. The number of ether oxygens (including phenoxy) is 1. The van der Waals surface area contributed by atoms with E-state index in [1.807, 2.05) is 49.4 Å². The molecule has 142 valence electrons. The third-order valence-electron chi connectivity index (χ3n) is 3.94. The molecule has 0 saturated carbocycles. The molecular formula is C22H19BrN2O3. The zero-order valence-electron chi connectivity index (χ0n) is 15.2. The topological polar surface area (TPSA) is 67.4 Å². The summed E-state index contributed by atoms with van der Waals surface area (Å²) in [5, 5.41) is 5.56. The lowest BCUT2D eigenvalue weighted by Gasteiger charge is -2.11. The fourth-order valence-electron chi connectivity index (χ4n) is 2.58. The SMILES string of the molecule is Cc1cc(Br)ccc1OCC(=O)Nc1cccc(C(=O)Nc2ccccc2)c1. The summed E-state index contributed by atoms with van der Waals surface area (Å²) in [5.74, 6) is 0.0984. The van der Waals surface area contributed by atoms with Gasteiger partial charge in [-0.3, -0.25) is 9.59 Å². The van der Waals surface area contributed by atoms with E-state index in [-0.39, 0.29) is 18.4 Å². The molecule has 6 heteroatoms. The molecule has 0 unspecified atom stereocenters. The van der Waals surface area contributed by atoms with Gasteiger partial charge in [-0.1, -0.05) is 40.2 Å². The van der Waals surface area contributed by atoms with Crippen LogP contribution in [-0.2, 0) is 4.79 Å². The first kappa shape index (κ1) is 19.6. The van der Waals surface area contributed by atoms with Crippen molar-refractivity contribution in [2.75, 3.05) is 17.2 Å². The van der Waals surface area contributed by atoms with Crippen LogP contribution in [0.3, 0.4) is 0 Å². The molecule has 3 aromatic rings. The average Bonchev–Trinajstić information content (AvgIpc) is 2.68. The third kappa shape index (κ3) is 5.44. The van der Waals surface area contributed by atoms with Gasteiger partial charge in [0.25, 0.3) is 11.8 Å². The summed E-state index contributed by atoms with van der Waals surface area (Å²) >= 11 is 3.39. The Labute approximate surface area is 171 Å². The fraction of sp³-hybridized carbons (Fsp3) is 0.0909. The molecule has 28 heavy (non-hydrogen) atoms. The van der Waals surface area contributed by atoms with Crippen molar-refractivity contribution < 1.29 is 14.3 Å². The van der Waals surface area contributed by atoms with E-state index in [2.05, 4.69) is 26.6 Å². The highest BCUT2D eigenvalue weighted by atomic mass is 79.9. The van der Waals surface area contributed by atoms with Gasteiger partial charge < -0.3 is 15.4 Å². The summed E-state index contributed by atoms with van der Waals surface area (Å²) in [6.07, 6.45) is 0. The number of carbonyl (C=O) groups is 2. The number of benzene rings is 3. The maximum Gasteiger partial charge on any atom is 0.262 e. The van der Waals surface area contributed by atoms with E-state index in [0.717, 1.165) is 10.0 Å². The molecule has 3 aromatic carbocycles. The molecule has 0 spiro atoms. The van der Waals surface area contributed by atoms with Crippen LogP contribution >= 0.6 is 15.9 Å². The van der Waals surface area contributed by atoms with Crippen LogP contribution in [0.15, 0.2) is 77.3 Å². The first-order valence-electron chi connectivity index (χ1n) is 8.66. The van der Waals surface area contributed by atoms with E-state index in [1.165, 1.54) is 0 Å². The lowest BCUT2D eigenvalue weighted by molar-refractivity contribution is -0.118. The van der Waals surface area contributed by atoms with Crippen LogP contribution in [0.5, 0.6) is 5.75 Å². The zero-order chi connectivity index (χ0) is 19.9. The molecule has 0 aromatic heterocycles. The van der Waals surface area contributed by atoms with Crippen LogP contribution in [0.2, 0.25) is 0 Å². The van der Waals surface area contributed by atoms with Crippen LogP contribution in [0.4, 0.5) is 11.4 Å². The molecule has 0 fully saturated rings. The lowest BCUT2D eigenvalue weighted by Crippen LogP contribution is -2.21. The van der Waals surface area contributed by atoms with Crippen LogP contribution in [-0.4, -0.2) is 18.4 Å². The summed E-state index contributed by atoms with van der Waals surface area (Å²) in [5.41, 5.74) is 2.62.